The molecule has 2 unspecified atom stereocenters. The summed E-state index contributed by atoms with van der Waals surface area (Å²) in [6, 6.07) is 0. The highest BCUT2D eigenvalue weighted by Gasteiger charge is 2.43. The Morgan fingerprint density at radius 1 is 1.36 bits per heavy atom. The van der Waals surface area contributed by atoms with Gasteiger partial charge < -0.3 is 10.4 Å². The number of hydrogen-bond donors (Lipinski definition) is 2. The van der Waals surface area contributed by atoms with Crippen LogP contribution in [0.1, 0.15) is 58.3 Å². The molecule has 6 nitrogen and oxygen atoms in total. The predicted octanol–water partition coefficient (Wildman–Crippen LogP) is 2.49. The predicted molar refractivity (Wildman–Crippen MR) is 81.0 cm³/mol. The second-order valence-corrected chi connectivity index (χ2v) is 6.49. The fraction of sp³-hybridized carbons (Fsp3) is 0.750. The third kappa shape index (κ3) is 3.85. The maximum absolute atomic E-state index is 12.2. The normalized spacial score (nSPS) is 28.6. The van der Waals surface area contributed by atoms with Crippen LogP contribution < -0.4 is 5.32 Å². The Morgan fingerprint density at radius 3 is 2.68 bits per heavy atom. The van der Waals surface area contributed by atoms with E-state index in [2.05, 4.69) is 21.5 Å². The molecule has 1 heterocycles. The van der Waals surface area contributed by atoms with Crippen LogP contribution in [0.15, 0.2) is 10.2 Å². The maximum Gasteiger partial charge on any atom is 0.308 e. The van der Waals surface area contributed by atoms with Crippen molar-refractivity contribution < 1.29 is 14.7 Å². The summed E-state index contributed by atoms with van der Waals surface area (Å²) in [7, 11) is 0. The third-order valence-corrected chi connectivity index (χ3v) is 4.74. The van der Waals surface area contributed by atoms with Crippen molar-refractivity contribution in [2.45, 2.75) is 69.5 Å². The zero-order valence-corrected chi connectivity index (χ0v) is 13.0. The highest BCUT2D eigenvalue weighted by molar-refractivity contribution is 5.79. The number of hydrogen-bond acceptors (Lipinski definition) is 4. The van der Waals surface area contributed by atoms with Crippen molar-refractivity contribution >= 4 is 11.9 Å². The first kappa shape index (κ1) is 16.5. The van der Waals surface area contributed by atoms with Crippen molar-refractivity contribution in [3.63, 3.8) is 0 Å². The molecule has 2 aliphatic rings. The number of carboxylic acid groups (broad SMARTS) is 1. The SMILES string of the molecule is C#CCCC1(CCC(=O)NC2(C)CCCCC2C(=O)O)N=N1. The summed E-state index contributed by atoms with van der Waals surface area (Å²) in [4.78, 5) is 23.6. The minimum absolute atomic E-state index is 0.131. The van der Waals surface area contributed by atoms with Gasteiger partial charge in [0.25, 0.3) is 0 Å². The number of carbonyl (C=O) groups is 2. The van der Waals surface area contributed by atoms with Gasteiger partial charge in [-0.05, 0) is 19.8 Å². The molecule has 1 fully saturated rings. The van der Waals surface area contributed by atoms with Gasteiger partial charge in [0, 0.05) is 25.7 Å². The van der Waals surface area contributed by atoms with Crippen LogP contribution >= 0.6 is 0 Å². The number of carbonyl (C=O) groups excluding carboxylic acids is 1. The molecule has 0 aromatic carbocycles. The molecule has 22 heavy (non-hydrogen) atoms. The van der Waals surface area contributed by atoms with Gasteiger partial charge in [-0.25, -0.2) is 0 Å². The Morgan fingerprint density at radius 2 is 2.09 bits per heavy atom. The van der Waals surface area contributed by atoms with Crippen molar-refractivity contribution in [2.75, 3.05) is 0 Å². The molecular weight excluding hydrogens is 282 g/mol. The Hall–Kier alpha value is -1.90. The summed E-state index contributed by atoms with van der Waals surface area (Å²) in [5.74, 6) is 1.07. The molecule has 120 valence electrons. The zero-order chi connectivity index (χ0) is 16.2. The summed E-state index contributed by atoms with van der Waals surface area (Å²) in [5, 5.41) is 20.3. The van der Waals surface area contributed by atoms with Crippen LogP contribution in [0.2, 0.25) is 0 Å². The quantitative estimate of drug-likeness (QED) is 0.708. The maximum atomic E-state index is 12.2. The molecule has 1 aliphatic heterocycles. The van der Waals surface area contributed by atoms with Crippen LogP contribution in [0.5, 0.6) is 0 Å². The van der Waals surface area contributed by atoms with Gasteiger partial charge in [0.1, 0.15) is 0 Å². The van der Waals surface area contributed by atoms with Crippen molar-refractivity contribution in [2.24, 2.45) is 16.1 Å². The number of rotatable bonds is 7. The van der Waals surface area contributed by atoms with E-state index in [-0.39, 0.29) is 5.91 Å². The Labute approximate surface area is 130 Å². The van der Waals surface area contributed by atoms with E-state index in [0.717, 1.165) is 12.8 Å². The van der Waals surface area contributed by atoms with Gasteiger partial charge in [0.2, 0.25) is 5.91 Å². The van der Waals surface area contributed by atoms with Gasteiger partial charge in [-0.15, -0.1) is 12.3 Å². The molecule has 2 atom stereocenters. The molecule has 0 saturated heterocycles. The number of nitrogens with one attached hydrogen (secondary N) is 1. The average molecular weight is 305 g/mol. The minimum atomic E-state index is -0.833. The van der Waals surface area contributed by atoms with Crippen molar-refractivity contribution in [3.8, 4) is 12.3 Å². The first-order valence-corrected chi connectivity index (χ1v) is 7.82. The minimum Gasteiger partial charge on any atom is -0.481 e. The summed E-state index contributed by atoms with van der Waals surface area (Å²) in [5.41, 5.74) is -1.13. The lowest BCUT2D eigenvalue weighted by Crippen LogP contribution is -2.55. The van der Waals surface area contributed by atoms with Crippen LogP contribution in [0.25, 0.3) is 0 Å². The van der Waals surface area contributed by atoms with E-state index in [9.17, 15) is 14.7 Å². The molecule has 6 heteroatoms. The topological polar surface area (TPSA) is 91.1 Å². The Balaban J connectivity index is 1.85. The lowest BCUT2D eigenvalue weighted by atomic mass is 9.74. The second kappa shape index (κ2) is 6.47. The number of aliphatic carboxylic acids is 1. The lowest BCUT2D eigenvalue weighted by molar-refractivity contribution is -0.146. The van der Waals surface area contributed by atoms with E-state index < -0.39 is 23.1 Å². The summed E-state index contributed by atoms with van der Waals surface area (Å²) >= 11 is 0. The van der Waals surface area contributed by atoms with Crippen LogP contribution in [-0.4, -0.2) is 28.2 Å². The molecule has 0 bridgehead atoms. The zero-order valence-electron chi connectivity index (χ0n) is 13.0. The van der Waals surface area contributed by atoms with Crippen molar-refractivity contribution in [1.29, 1.82) is 0 Å². The summed E-state index contributed by atoms with van der Waals surface area (Å²) in [6.45, 7) is 1.84. The molecule has 0 aromatic heterocycles. The Bertz CT molecular complexity index is 517. The van der Waals surface area contributed by atoms with E-state index in [1.165, 1.54) is 0 Å². The van der Waals surface area contributed by atoms with Gasteiger partial charge in [0.05, 0.1) is 11.5 Å². The fourth-order valence-electron chi connectivity index (χ4n) is 3.24. The molecule has 1 amide bonds. The fourth-order valence-corrected chi connectivity index (χ4v) is 3.24. The molecule has 1 aliphatic carbocycles. The van der Waals surface area contributed by atoms with E-state index in [0.29, 0.717) is 38.5 Å². The molecule has 0 aromatic rings. The highest BCUT2D eigenvalue weighted by Crippen LogP contribution is 2.38. The van der Waals surface area contributed by atoms with Crippen LogP contribution in [0.4, 0.5) is 0 Å². The summed E-state index contributed by atoms with van der Waals surface area (Å²) < 4.78 is 0. The molecule has 0 spiro atoms. The van der Waals surface area contributed by atoms with E-state index in [1.54, 1.807) is 0 Å². The van der Waals surface area contributed by atoms with Gasteiger partial charge in [0.15, 0.2) is 5.66 Å². The average Bonchev–Trinajstić information content (AvgIpc) is 3.23. The molecule has 2 N–H and O–H groups in total. The van der Waals surface area contributed by atoms with Crippen molar-refractivity contribution in [3.05, 3.63) is 0 Å². The van der Waals surface area contributed by atoms with Gasteiger partial charge in [-0.2, -0.15) is 10.2 Å². The largest absolute Gasteiger partial charge is 0.481 e. The monoisotopic (exact) mass is 305 g/mol. The van der Waals surface area contributed by atoms with Crippen LogP contribution in [-0.2, 0) is 9.59 Å². The first-order chi connectivity index (χ1) is 10.4. The first-order valence-electron chi connectivity index (χ1n) is 7.82. The smallest absolute Gasteiger partial charge is 0.308 e. The molecule has 1 saturated carbocycles. The molecule has 0 radical (unpaired) electrons. The number of terminal acetylenes is 1. The number of amides is 1. The summed E-state index contributed by atoms with van der Waals surface area (Å²) in [6.07, 6.45) is 10.5. The lowest BCUT2D eigenvalue weighted by Gasteiger charge is -2.39. The van der Waals surface area contributed by atoms with E-state index in [4.69, 9.17) is 6.42 Å². The number of nitrogens with zero attached hydrogens (tertiary/aromatic N) is 2. The van der Waals surface area contributed by atoms with Gasteiger partial charge >= 0.3 is 5.97 Å². The van der Waals surface area contributed by atoms with Gasteiger partial charge in [-0.3, -0.25) is 9.59 Å². The van der Waals surface area contributed by atoms with Crippen molar-refractivity contribution in [1.82, 2.24) is 5.32 Å². The third-order valence-electron chi connectivity index (χ3n) is 4.74. The molecule has 2 rings (SSSR count). The highest BCUT2D eigenvalue weighted by atomic mass is 16.4. The van der Waals surface area contributed by atoms with Crippen LogP contribution in [0, 0.1) is 18.3 Å². The number of carboxylic acids is 1. The standard InChI is InChI=1S/C16H23N3O3/c1-3-4-10-16(18-19-16)11-8-13(20)17-15(2)9-6-5-7-12(15)14(21)22/h1,12H,4-11H2,2H3,(H,17,20)(H,21,22). The van der Waals surface area contributed by atoms with Gasteiger partial charge in [-0.1, -0.05) is 12.8 Å². The Kier molecular flexibility index (Phi) is 4.84. The molecular formula is C16H23N3O3. The van der Waals surface area contributed by atoms with E-state index >= 15 is 0 Å². The van der Waals surface area contributed by atoms with E-state index in [1.807, 2.05) is 6.92 Å². The second-order valence-electron chi connectivity index (χ2n) is 6.49. The van der Waals surface area contributed by atoms with Crippen LogP contribution in [0.3, 0.4) is 0 Å².